The number of fused-ring (bicyclic) bond motifs is 2. The van der Waals surface area contributed by atoms with Crippen LogP contribution in [-0.4, -0.2) is 71.3 Å². The molecule has 4 rings (SSSR count). The first-order valence-electron chi connectivity index (χ1n) is 9.92. The number of ether oxygens (including phenoxy) is 5. The fourth-order valence-corrected chi connectivity index (χ4v) is 4.07. The average Bonchev–Trinajstić information content (AvgIpc) is 3.21. The van der Waals surface area contributed by atoms with E-state index in [1.54, 1.807) is 21.0 Å². The first-order chi connectivity index (χ1) is 15.2. The van der Waals surface area contributed by atoms with Crippen LogP contribution >= 0.6 is 0 Å². The maximum atomic E-state index is 13.1. The zero-order valence-corrected chi connectivity index (χ0v) is 18.3. The third-order valence-corrected chi connectivity index (χ3v) is 5.24. The topological polar surface area (TPSA) is 140 Å². The van der Waals surface area contributed by atoms with Gasteiger partial charge in [0.05, 0.1) is 13.7 Å². The minimum atomic E-state index is -0.875. The number of amides is 1. The van der Waals surface area contributed by atoms with Gasteiger partial charge in [-0.25, -0.2) is 14.8 Å². The van der Waals surface area contributed by atoms with Crippen molar-refractivity contribution in [2.45, 2.75) is 51.1 Å². The van der Waals surface area contributed by atoms with E-state index in [9.17, 15) is 14.4 Å². The summed E-state index contributed by atoms with van der Waals surface area (Å²) in [6.45, 7) is 5.09. The van der Waals surface area contributed by atoms with Crippen LogP contribution in [0.3, 0.4) is 0 Å². The highest BCUT2D eigenvalue weighted by molar-refractivity contribution is 6.00. The van der Waals surface area contributed by atoms with Crippen molar-refractivity contribution in [3.05, 3.63) is 28.3 Å². The van der Waals surface area contributed by atoms with Crippen LogP contribution in [0.15, 0.2) is 17.3 Å². The number of nitrogens with one attached hydrogen (secondary N) is 1. The molecule has 4 heterocycles. The molecule has 0 saturated carbocycles. The van der Waals surface area contributed by atoms with Crippen molar-refractivity contribution >= 4 is 28.7 Å². The summed E-state index contributed by atoms with van der Waals surface area (Å²) >= 11 is 0. The molecular weight excluding hydrogens is 424 g/mol. The van der Waals surface area contributed by atoms with E-state index in [-0.39, 0.29) is 29.0 Å². The molecule has 0 radical (unpaired) electrons. The third kappa shape index (κ3) is 3.75. The number of pyridine rings is 1. The van der Waals surface area contributed by atoms with Gasteiger partial charge in [0.25, 0.3) is 0 Å². The Kier molecular flexibility index (Phi) is 5.71. The summed E-state index contributed by atoms with van der Waals surface area (Å²) in [6.07, 6.45) is 0.199. The largest absolute Gasteiger partial charge is 0.465 e. The van der Waals surface area contributed by atoms with Crippen molar-refractivity contribution in [3.8, 4) is 0 Å². The predicted molar refractivity (Wildman–Crippen MR) is 109 cm³/mol. The van der Waals surface area contributed by atoms with E-state index >= 15 is 0 Å². The molecule has 2 aromatic heterocycles. The Balaban J connectivity index is 1.94. The maximum Gasteiger partial charge on any atom is 0.343 e. The van der Waals surface area contributed by atoms with Crippen molar-refractivity contribution in [1.29, 1.82) is 0 Å². The second kappa shape index (κ2) is 8.20. The van der Waals surface area contributed by atoms with Crippen LogP contribution in [0.5, 0.6) is 0 Å². The number of rotatable bonds is 5. The molecule has 0 spiro atoms. The van der Waals surface area contributed by atoms with E-state index in [0.29, 0.717) is 0 Å². The minimum Gasteiger partial charge on any atom is -0.465 e. The van der Waals surface area contributed by atoms with Gasteiger partial charge in [0.2, 0.25) is 11.3 Å². The number of hydrogen-bond donors (Lipinski definition) is 1. The smallest absolute Gasteiger partial charge is 0.343 e. The van der Waals surface area contributed by atoms with Gasteiger partial charge in [0, 0.05) is 20.2 Å². The van der Waals surface area contributed by atoms with Gasteiger partial charge < -0.3 is 33.6 Å². The highest BCUT2D eigenvalue weighted by Gasteiger charge is 2.56. The van der Waals surface area contributed by atoms with Gasteiger partial charge in [-0.1, -0.05) is 0 Å². The summed E-state index contributed by atoms with van der Waals surface area (Å²) in [6, 6.07) is 0. The van der Waals surface area contributed by atoms with E-state index in [2.05, 4.69) is 15.3 Å². The molecule has 2 saturated heterocycles. The zero-order chi connectivity index (χ0) is 23.2. The van der Waals surface area contributed by atoms with Crippen LogP contribution < -0.4 is 10.7 Å². The Labute approximate surface area is 182 Å². The van der Waals surface area contributed by atoms with Gasteiger partial charge in [-0.3, -0.25) is 9.59 Å². The minimum absolute atomic E-state index is 0.0288. The lowest BCUT2D eigenvalue weighted by molar-refractivity contribution is -0.200. The Bertz CT molecular complexity index is 1130. The standard InChI is InChI=1S/C20H24N4O8/c1-9(25)23-16-12-13(26)10(19(27)29-5)6-24(17(12)22-8-21-16)18-15-14(11(30-18)7-28-4)31-20(2,3)32-15/h6,8,11,14-15,18H,7H2,1-5H3,(H,21,22,23,25)/t11-,14-,15-,18?/m1/s1. The van der Waals surface area contributed by atoms with Gasteiger partial charge in [0.1, 0.15) is 41.4 Å². The van der Waals surface area contributed by atoms with Gasteiger partial charge in [0.15, 0.2) is 17.7 Å². The van der Waals surface area contributed by atoms with E-state index < -0.39 is 47.6 Å². The van der Waals surface area contributed by atoms with E-state index in [4.69, 9.17) is 23.7 Å². The van der Waals surface area contributed by atoms with E-state index in [0.717, 1.165) is 0 Å². The number of esters is 1. The van der Waals surface area contributed by atoms with Gasteiger partial charge >= 0.3 is 5.97 Å². The fourth-order valence-electron chi connectivity index (χ4n) is 4.07. The molecule has 1 amide bonds. The Morgan fingerprint density at radius 2 is 1.94 bits per heavy atom. The normalized spacial score (nSPS) is 26.2. The Morgan fingerprint density at radius 3 is 2.59 bits per heavy atom. The lowest BCUT2D eigenvalue weighted by atomic mass is 10.1. The first-order valence-corrected chi connectivity index (χ1v) is 9.92. The van der Waals surface area contributed by atoms with E-state index in [1.807, 2.05) is 0 Å². The zero-order valence-electron chi connectivity index (χ0n) is 18.3. The molecule has 2 aromatic rings. The van der Waals surface area contributed by atoms with Gasteiger partial charge in [-0.15, -0.1) is 0 Å². The van der Waals surface area contributed by atoms with Crippen molar-refractivity contribution in [1.82, 2.24) is 14.5 Å². The number of aromatic nitrogens is 3. The molecule has 172 valence electrons. The number of hydrogen-bond acceptors (Lipinski definition) is 10. The van der Waals surface area contributed by atoms with Crippen LogP contribution in [0.4, 0.5) is 5.82 Å². The quantitative estimate of drug-likeness (QED) is 0.647. The predicted octanol–water partition coefficient (Wildman–Crippen LogP) is 0.600. The Hall–Kier alpha value is -2.93. The Morgan fingerprint density at radius 1 is 1.22 bits per heavy atom. The molecule has 1 N–H and O–H groups in total. The lowest BCUT2D eigenvalue weighted by Gasteiger charge is -2.26. The molecule has 0 bridgehead atoms. The summed E-state index contributed by atoms with van der Waals surface area (Å²) in [5, 5.41) is 2.45. The average molecular weight is 448 g/mol. The van der Waals surface area contributed by atoms with Crippen LogP contribution in [0.25, 0.3) is 11.0 Å². The number of anilines is 1. The van der Waals surface area contributed by atoms with Crippen LogP contribution in [0.1, 0.15) is 37.4 Å². The molecule has 4 atom stereocenters. The highest BCUT2D eigenvalue weighted by Crippen LogP contribution is 2.43. The van der Waals surface area contributed by atoms with Crippen LogP contribution in [0.2, 0.25) is 0 Å². The van der Waals surface area contributed by atoms with Crippen molar-refractivity contribution in [3.63, 3.8) is 0 Å². The second-order valence-electron chi connectivity index (χ2n) is 7.96. The lowest BCUT2D eigenvalue weighted by Crippen LogP contribution is -2.32. The maximum absolute atomic E-state index is 13.1. The summed E-state index contributed by atoms with van der Waals surface area (Å²) in [5.74, 6) is -2.19. The SMILES string of the molecule is COC[C@H]1OC(n2cc(C(=O)OC)c(=O)c3c(NC(C)=O)ncnc32)[C@@H]2OC(C)(C)O[C@H]12. The highest BCUT2D eigenvalue weighted by atomic mass is 16.8. The van der Waals surface area contributed by atoms with Crippen molar-refractivity contribution in [2.24, 2.45) is 0 Å². The second-order valence-corrected chi connectivity index (χ2v) is 7.96. The number of carbonyl (C=O) groups is 2. The molecule has 2 fully saturated rings. The molecule has 2 aliphatic rings. The number of methoxy groups -OCH3 is 2. The molecule has 12 nitrogen and oxygen atoms in total. The van der Waals surface area contributed by atoms with Crippen LogP contribution in [-0.2, 0) is 28.5 Å². The summed E-state index contributed by atoms with van der Waals surface area (Å²) in [4.78, 5) is 45.5. The molecular formula is C20H24N4O8. The molecule has 12 heteroatoms. The summed E-state index contributed by atoms with van der Waals surface area (Å²) in [5.41, 5.74) is -0.800. The molecule has 2 aliphatic heterocycles. The monoisotopic (exact) mass is 448 g/mol. The third-order valence-electron chi connectivity index (χ3n) is 5.24. The van der Waals surface area contributed by atoms with Gasteiger partial charge in [-0.2, -0.15) is 0 Å². The van der Waals surface area contributed by atoms with Crippen LogP contribution in [0, 0.1) is 0 Å². The van der Waals surface area contributed by atoms with E-state index in [1.165, 1.54) is 31.1 Å². The molecule has 1 unspecified atom stereocenters. The fraction of sp³-hybridized carbons (Fsp3) is 0.550. The number of nitrogens with zero attached hydrogens (tertiary/aromatic N) is 3. The van der Waals surface area contributed by atoms with Crippen molar-refractivity contribution in [2.75, 3.05) is 26.1 Å². The number of carbonyl (C=O) groups excluding carboxylic acids is 2. The van der Waals surface area contributed by atoms with Crippen molar-refractivity contribution < 1.29 is 33.3 Å². The molecule has 0 aliphatic carbocycles. The molecule has 32 heavy (non-hydrogen) atoms. The first kappa shape index (κ1) is 22.3. The summed E-state index contributed by atoms with van der Waals surface area (Å²) in [7, 11) is 2.71. The molecule has 0 aromatic carbocycles. The summed E-state index contributed by atoms with van der Waals surface area (Å²) < 4.78 is 29.8. The van der Waals surface area contributed by atoms with Gasteiger partial charge in [-0.05, 0) is 13.8 Å².